The van der Waals surface area contributed by atoms with E-state index in [-0.39, 0.29) is 55.0 Å². The minimum Gasteiger partial charge on any atom is -0.481 e. The van der Waals surface area contributed by atoms with Gasteiger partial charge in [0.15, 0.2) is 25.2 Å². The van der Waals surface area contributed by atoms with Crippen LogP contribution in [-0.2, 0) is 57.0 Å². The number of aliphatic hydroxyl groups is 14. The van der Waals surface area contributed by atoms with Gasteiger partial charge in [-0.05, 0) is 124 Å². The summed E-state index contributed by atoms with van der Waals surface area (Å²) in [7, 11) is 0. The lowest BCUT2D eigenvalue weighted by Crippen LogP contribution is -2.66. The van der Waals surface area contributed by atoms with Gasteiger partial charge in [-0.2, -0.15) is 0 Å². The van der Waals surface area contributed by atoms with Crippen LogP contribution < -0.4 is 0 Å². The molecule has 10 rings (SSSR count). The summed E-state index contributed by atoms with van der Waals surface area (Å²) < 4.78 is 59.3. The molecule has 0 spiro atoms. The van der Waals surface area contributed by atoms with Crippen molar-refractivity contribution in [2.75, 3.05) is 19.8 Å². The summed E-state index contributed by atoms with van der Waals surface area (Å²) in [5.41, 5.74) is -3.27. The van der Waals surface area contributed by atoms with Crippen LogP contribution >= 0.6 is 0 Å². The Kier molecular flexibility index (Phi) is 18.9. The van der Waals surface area contributed by atoms with Gasteiger partial charge in [-0.1, -0.05) is 46.3 Å². The Hall–Kier alpha value is -2.24. The van der Waals surface area contributed by atoms with Crippen LogP contribution in [0.4, 0.5) is 0 Å². The highest BCUT2D eigenvalue weighted by atomic mass is 16.8. The zero-order valence-electron chi connectivity index (χ0n) is 50.0. The molecule has 5 heterocycles. The van der Waals surface area contributed by atoms with Crippen LogP contribution in [-0.4, -0.2) is 262 Å². The van der Waals surface area contributed by atoms with Crippen molar-refractivity contribution >= 4 is 11.9 Å². The lowest BCUT2D eigenvalue weighted by atomic mass is 9.33. The third kappa shape index (κ3) is 10.9. The van der Waals surface area contributed by atoms with Gasteiger partial charge in [0.25, 0.3) is 0 Å². The Morgan fingerprint density at radius 3 is 1.76 bits per heavy atom. The fraction of sp³-hybridized carbons (Fsp3) is 0.932. The average Bonchev–Trinajstić information content (AvgIpc) is 0.773. The molecule has 0 aromatic rings. The highest BCUT2D eigenvalue weighted by Gasteiger charge is 2.71. The Morgan fingerprint density at radius 2 is 1.14 bits per heavy atom. The molecule has 27 nitrogen and oxygen atoms in total. The van der Waals surface area contributed by atoms with Crippen LogP contribution in [0.3, 0.4) is 0 Å². The van der Waals surface area contributed by atoms with E-state index in [1.54, 1.807) is 6.92 Å². The highest BCUT2D eigenvalue weighted by Crippen LogP contribution is 2.76. The van der Waals surface area contributed by atoms with Crippen LogP contribution in [0.2, 0.25) is 0 Å². The second-order valence-corrected chi connectivity index (χ2v) is 28.3. The van der Waals surface area contributed by atoms with Crippen molar-refractivity contribution in [3.8, 4) is 0 Å². The summed E-state index contributed by atoms with van der Waals surface area (Å²) in [6, 6.07) is 0. The number of hydrogen-bond acceptors (Lipinski definition) is 26. The number of carboxylic acids is 1. The number of carbonyl (C=O) groups is 2. The third-order valence-electron chi connectivity index (χ3n) is 23.3. The van der Waals surface area contributed by atoms with Gasteiger partial charge in [-0.15, -0.1) is 0 Å². The first-order valence-electron chi connectivity index (χ1n) is 30.6. The molecule has 15 N–H and O–H groups in total. The lowest BCUT2D eigenvalue weighted by molar-refractivity contribution is -0.364. The molecule has 0 aromatic carbocycles. The molecule has 10 aliphatic rings. The second kappa shape index (κ2) is 24.3. The largest absolute Gasteiger partial charge is 0.481 e. The van der Waals surface area contributed by atoms with Gasteiger partial charge in [0.05, 0.1) is 49.0 Å². The maximum atomic E-state index is 15.3. The predicted molar refractivity (Wildman–Crippen MR) is 289 cm³/mol. The Morgan fingerprint density at radius 1 is 0.570 bits per heavy atom. The van der Waals surface area contributed by atoms with Gasteiger partial charge in [-0.3, -0.25) is 9.59 Å². The molecule has 492 valence electrons. The Bertz CT molecular complexity index is 2450. The van der Waals surface area contributed by atoms with Crippen molar-refractivity contribution in [3.05, 3.63) is 11.6 Å². The number of hydrogen-bond donors (Lipinski definition) is 15. The zero-order valence-corrected chi connectivity index (χ0v) is 50.0. The quantitative estimate of drug-likeness (QED) is 0.0517. The van der Waals surface area contributed by atoms with Crippen LogP contribution in [0.25, 0.3) is 0 Å². The molecular weight excluding hydrogens is 1140 g/mol. The smallest absolute Gasteiger partial charge is 0.315 e. The first-order valence-corrected chi connectivity index (χ1v) is 30.6. The van der Waals surface area contributed by atoms with Crippen molar-refractivity contribution in [2.24, 2.45) is 50.2 Å². The number of ether oxygens (including phenoxy) is 10. The standard InChI is InChI=1S/C59H94O27/c1-23-33(62)37(66)41(70)48(79-23)84-45-28(20-60)81-47(44(73)40(45)69)78-22-29-36(65)39(68)43(72)50(82-29)86-53(76)59-17-15-55(5,52(74)75)19-26(59)25-9-10-31-56(6)13-12-32(54(3,4)30(56)11-14-58(31,8)57(25,7)16-18-59)83-51-46(35(64)27(61)21-77-51)85-49-42(71)38(67)34(63)24(2)80-49/h9,23-24,26-51,60-73H,10-22H2,1-8H3,(H,74,75)/t23-,24+,26+,27+,28-,29-,30?,31?,32+,33-,34+,35+,36-,37+,38-,39+,40-,41+,42-,43-,44-,45-,46-,47-,48-,49+,50+,51+,55-,56+,57-,58-,59+/m1/s1. The zero-order chi connectivity index (χ0) is 62.9. The minimum absolute atomic E-state index is 0.0871. The van der Waals surface area contributed by atoms with E-state index in [9.17, 15) is 81.4 Å². The number of aliphatic carboxylic acids is 1. The minimum atomic E-state index is -1.98. The van der Waals surface area contributed by atoms with Crippen molar-refractivity contribution in [3.63, 3.8) is 0 Å². The normalized spacial score (nSPS) is 54.7. The summed E-state index contributed by atoms with van der Waals surface area (Å²) >= 11 is 0. The van der Waals surface area contributed by atoms with Crippen molar-refractivity contribution < 1.29 is 134 Å². The van der Waals surface area contributed by atoms with E-state index < -0.39 is 206 Å². The van der Waals surface area contributed by atoms with Crippen LogP contribution in [0.15, 0.2) is 11.6 Å². The van der Waals surface area contributed by atoms with Crippen LogP contribution in [0, 0.1) is 50.2 Å². The average molecular weight is 1240 g/mol. The SMILES string of the molecule is C[C@@H]1O[C@@H](O[C@H]2[C@H](O[C@H]3CC[C@@]4(C)C(CC[C@]5(C)C4CC=C4[C@@H]6C[C@](C)(C(=O)O)CC[C@]6(C(=O)O[C@@H]6O[C@H](CO[C@@H]7O[C@H](CO)[C@@H](O[C@H]8O[C@H](C)[C@@H](O)[C@H](O)[C@@H]8O)[C@H](O)[C@H]7O)[C@@H](O)[C@H](O)[C@H]6O)CC[C@]45C)C3(C)C)OC[C@H](O)[C@@H]2O)[C@H](O)[C@H](O)[C@H]1O. The fourth-order valence-electron chi connectivity index (χ4n) is 17.5. The van der Waals surface area contributed by atoms with Gasteiger partial charge in [-0.25, -0.2) is 0 Å². The second-order valence-electron chi connectivity index (χ2n) is 28.3. The van der Waals surface area contributed by atoms with Crippen molar-refractivity contribution in [1.29, 1.82) is 0 Å². The molecule has 0 radical (unpaired) electrons. The highest BCUT2D eigenvalue weighted by molar-refractivity contribution is 5.81. The number of rotatable bonds is 13. The van der Waals surface area contributed by atoms with E-state index in [0.717, 1.165) is 24.8 Å². The molecule has 86 heavy (non-hydrogen) atoms. The first kappa shape index (κ1) is 66.7. The number of fused-ring (bicyclic) bond motifs is 7. The molecule has 0 amide bonds. The van der Waals surface area contributed by atoms with Crippen molar-refractivity contribution in [2.45, 2.75) is 273 Å². The van der Waals surface area contributed by atoms with Gasteiger partial charge in [0.1, 0.15) is 104 Å². The molecule has 0 bridgehead atoms. The maximum absolute atomic E-state index is 15.3. The topological polar surface area (TPSA) is 430 Å². The Balaban J connectivity index is 0.842. The van der Waals surface area contributed by atoms with Crippen molar-refractivity contribution in [1.82, 2.24) is 0 Å². The molecule has 9 fully saturated rings. The molecule has 2 unspecified atom stereocenters. The summed E-state index contributed by atoms with van der Waals surface area (Å²) in [5.74, 6) is -2.25. The van der Waals surface area contributed by atoms with E-state index in [4.69, 9.17) is 47.4 Å². The molecule has 5 saturated heterocycles. The maximum Gasteiger partial charge on any atom is 0.315 e. The predicted octanol–water partition coefficient (Wildman–Crippen LogP) is -2.45. The van der Waals surface area contributed by atoms with Crippen LogP contribution in [0.1, 0.15) is 120 Å². The number of carbonyl (C=O) groups excluding carboxylic acids is 1. The van der Waals surface area contributed by atoms with Crippen LogP contribution in [0.5, 0.6) is 0 Å². The lowest BCUT2D eigenvalue weighted by Gasteiger charge is -2.71. The molecule has 4 saturated carbocycles. The third-order valence-corrected chi connectivity index (χ3v) is 23.3. The Labute approximate surface area is 499 Å². The van der Waals surface area contributed by atoms with E-state index in [0.29, 0.717) is 19.3 Å². The van der Waals surface area contributed by atoms with E-state index in [1.807, 2.05) is 0 Å². The number of aliphatic hydroxyl groups excluding tert-OH is 14. The van der Waals surface area contributed by atoms with E-state index in [1.165, 1.54) is 13.8 Å². The fourth-order valence-corrected chi connectivity index (χ4v) is 17.5. The molecule has 0 aromatic heterocycles. The first-order chi connectivity index (χ1) is 40.2. The molecule has 5 aliphatic carbocycles. The van der Waals surface area contributed by atoms with Gasteiger partial charge < -0.3 is 124 Å². The number of esters is 1. The monoisotopic (exact) mass is 1230 g/mol. The number of allylic oxidation sites excluding steroid dienone is 2. The van der Waals surface area contributed by atoms with Gasteiger partial charge in [0.2, 0.25) is 6.29 Å². The van der Waals surface area contributed by atoms with E-state index in [2.05, 4.69) is 40.7 Å². The molecule has 5 aliphatic heterocycles. The summed E-state index contributed by atoms with van der Waals surface area (Å²) in [6.07, 6.45) is -31.6. The summed E-state index contributed by atoms with van der Waals surface area (Å²) in [4.78, 5) is 28.4. The van der Waals surface area contributed by atoms with E-state index >= 15 is 4.79 Å². The summed E-state index contributed by atoms with van der Waals surface area (Å²) in [6.45, 7) is 14.0. The van der Waals surface area contributed by atoms with Gasteiger partial charge >= 0.3 is 11.9 Å². The summed E-state index contributed by atoms with van der Waals surface area (Å²) in [5, 5.41) is 162. The molecular formula is C59H94O27. The molecule has 27 heteroatoms. The number of carboxylic acid groups (broad SMARTS) is 1. The van der Waals surface area contributed by atoms with Gasteiger partial charge in [0, 0.05) is 0 Å². The molecule has 33 atom stereocenters.